The standard InChI is InChI=1S/C25H27NO8S/c1-30-21-10-8-16(6-7-17-13-23(32-3)25(34-5)24(14-17)33-4)12-19(21)26-35(28,29)18-9-11-22(31-2)20(27)15-18/h6-15,26-27H,1-5H3/b7-6-. The van der Waals surface area contributed by atoms with Gasteiger partial charge in [-0.2, -0.15) is 0 Å². The Labute approximate surface area is 204 Å². The summed E-state index contributed by atoms with van der Waals surface area (Å²) < 4.78 is 54.8. The van der Waals surface area contributed by atoms with Crippen LogP contribution in [0.4, 0.5) is 5.69 Å². The van der Waals surface area contributed by atoms with Crippen LogP contribution >= 0.6 is 0 Å². The van der Waals surface area contributed by atoms with E-state index in [1.165, 1.54) is 47.7 Å². The molecule has 0 aliphatic rings. The molecule has 0 aliphatic heterocycles. The van der Waals surface area contributed by atoms with Gasteiger partial charge in [0.25, 0.3) is 10.0 Å². The average molecular weight is 502 g/mol. The number of methoxy groups -OCH3 is 5. The zero-order chi connectivity index (χ0) is 25.6. The van der Waals surface area contributed by atoms with Crippen LogP contribution in [0.3, 0.4) is 0 Å². The first kappa shape index (κ1) is 25.6. The van der Waals surface area contributed by atoms with Crippen molar-refractivity contribution in [1.82, 2.24) is 0 Å². The number of rotatable bonds is 10. The molecule has 9 nitrogen and oxygen atoms in total. The van der Waals surface area contributed by atoms with Crippen LogP contribution in [0.5, 0.6) is 34.5 Å². The predicted octanol–water partition coefficient (Wildman–Crippen LogP) is 4.41. The molecule has 0 saturated carbocycles. The van der Waals surface area contributed by atoms with Crippen molar-refractivity contribution in [3.63, 3.8) is 0 Å². The van der Waals surface area contributed by atoms with Gasteiger partial charge in [0.05, 0.1) is 46.1 Å². The molecule has 0 saturated heterocycles. The number of nitrogens with one attached hydrogen (secondary N) is 1. The monoisotopic (exact) mass is 501 g/mol. The Bertz CT molecular complexity index is 1310. The van der Waals surface area contributed by atoms with E-state index in [9.17, 15) is 13.5 Å². The molecule has 0 fully saturated rings. The molecular weight excluding hydrogens is 474 g/mol. The fraction of sp³-hybridized carbons (Fsp3) is 0.200. The maximum atomic E-state index is 12.9. The van der Waals surface area contributed by atoms with Crippen LogP contribution < -0.4 is 28.4 Å². The number of sulfonamides is 1. The lowest BCUT2D eigenvalue weighted by atomic mass is 10.1. The average Bonchev–Trinajstić information content (AvgIpc) is 2.86. The smallest absolute Gasteiger partial charge is 0.262 e. The molecule has 2 N–H and O–H groups in total. The summed E-state index contributed by atoms with van der Waals surface area (Å²) >= 11 is 0. The summed E-state index contributed by atoms with van der Waals surface area (Å²) in [5.41, 5.74) is 1.72. The first-order valence-corrected chi connectivity index (χ1v) is 11.8. The van der Waals surface area contributed by atoms with Crippen LogP contribution in [0, 0.1) is 0 Å². The van der Waals surface area contributed by atoms with E-state index in [4.69, 9.17) is 23.7 Å². The van der Waals surface area contributed by atoms with Gasteiger partial charge >= 0.3 is 0 Å². The molecule has 0 heterocycles. The van der Waals surface area contributed by atoms with Gasteiger partial charge in [-0.1, -0.05) is 18.2 Å². The molecule has 186 valence electrons. The van der Waals surface area contributed by atoms with Gasteiger partial charge in [-0.15, -0.1) is 0 Å². The van der Waals surface area contributed by atoms with Crippen molar-refractivity contribution in [2.24, 2.45) is 0 Å². The highest BCUT2D eigenvalue weighted by Crippen LogP contribution is 2.39. The van der Waals surface area contributed by atoms with Crippen molar-refractivity contribution in [2.75, 3.05) is 40.3 Å². The van der Waals surface area contributed by atoms with Crippen LogP contribution in [-0.2, 0) is 10.0 Å². The summed E-state index contributed by atoms with van der Waals surface area (Å²) in [6, 6.07) is 12.5. The second-order valence-corrected chi connectivity index (χ2v) is 8.87. The Morgan fingerprint density at radius 1 is 0.686 bits per heavy atom. The first-order valence-electron chi connectivity index (χ1n) is 10.3. The summed E-state index contributed by atoms with van der Waals surface area (Å²) in [5.74, 6) is 1.72. The summed E-state index contributed by atoms with van der Waals surface area (Å²) in [5, 5.41) is 9.97. The highest BCUT2D eigenvalue weighted by molar-refractivity contribution is 7.92. The maximum absolute atomic E-state index is 12.9. The van der Waals surface area contributed by atoms with E-state index in [1.54, 1.807) is 36.4 Å². The highest BCUT2D eigenvalue weighted by Gasteiger charge is 2.19. The van der Waals surface area contributed by atoms with Crippen molar-refractivity contribution >= 4 is 27.9 Å². The molecule has 3 rings (SSSR count). The summed E-state index contributed by atoms with van der Waals surface area (Å²) in [6.45, 7) is 0. The molecule has 10 heteroatoms. The largest absolute Gasteiger partial charge is 0.504 e. The van der Waals surface area contributed by atoms with Gasteiger partial charge in [-0.25, -0.2) is 8.42 Å². The Hall–Kier alpha value is -4.05. The molecular formula is C25H27NO8S. The highest BCUT2D eigenvalue weighted by atomic mass is 32.2. The number of ether oxygens (including phenoxy) is 5. The van der Waals surface area contributed by atoms with E-state index >= 15 is 0 Å². The van der Waals surface area contributed by atoms with Crippen molar-refractivity contribution in [1.29, 1.82) is 0 Å². The molecule has 0 aromatic heterocycles. The van der Waals surface area contributed by atoms with E-state index in [-0.39, 0.29) is 22.1 Å². The zero-order valence-electron chi connectivity index (χ0n) is 20.0. The molecule has 0 bridgehead atoms. The van der Waals surface area contributed by atoms with Crippen molar-refractivity contribution in [3.8, 4) is 34.5 Å². The Balaban J connectivity index is 1.93. The number of benzene rings is 3. The molecule has 0 radical (unpaired) electrons. The van der Waals surface area contributed by atoms with Crippen LogP contribution in [0.25, 0.3) is 12.2 Å². The minimum Gasteiger partial charge on any atom is -0.504 e. The molecule has 3 aromatic rings. The van der Waals surface area contributed by atoms with Gasteiger partial charge in [0, 0.05) is 6.07 Å². The van der Waals surface area contributed by atoms with E-state index in [1.807, 2.05) is 6.08 Å². The lowest BCUT2D eigenvalue weighted by Crippen LogP contribution is -2.13. The van der Waals surface area contributed by atoms with E-state index in [2.05, 4.69) is 4.72 Å². The van der Waals surface area contributed by atoms with Gasteiger partial charge in [-0.05, 0) is 47.5 Å². The van der Waals surface area contributed by atoms with Crippen molar-refractivity contribution < 1.29 is 37.2 Å². The molecule has 0 amide bonds. The number of phenols is 1. The third kappa shape index (κ3) is 5.72. The topological polar surface area (TPSA) is 113 Å². The lowest BCUT2D eigenvalue weighted by molar-refractivity contribution is 0.324. The van der Waals surface area contributed by atoms with E-state index in [0.717, 1.165) is 11.6 Å². The van der Waals surface area contributed by atoms with Gasteiger partial charge < -0.3 is 28.8 Å². The van der Waals surface area contributed by atoms with Gasteiger partial charge in [0.2, 0.25) is 5.75 Å². The number of aromatic hydroxyl groups is 1. The molecule has 3 aromatic carbocycles. The minimum absolute atomic E-state index is 0.128. The Morgan fingerprint density at radius 2 is 1.26 bits per heavy atom. The molecule has 0 unspecified atom stereocenters. The lowest BCUT2D eigenvalue weighted by Gasteiger charge is -2.14. The van der Waals surface area contributed by atoms with Crippen LogP contribution in [0.1, 0.15) is 11.1 Å². The quantitative estimate of drug-likeness (QED) is 0.393. The summed E-state index contributed by atoms with van der Waals surface area (Å²) in [6.07, 6.45) is 3.63. The molecule has 35 heavy (non-hydrogen) atoms. The second-order valence-electron chi connectivity index (χ2n) is 7.19. The van der Waals surface area contributed by atoms with Crippen LogP contribution in [-0.4, -0.2) is 49.1 Å². The van der Waals surface area contributed by atoms with Crippen LogP contribution in [0.2, 0.25) is 0 Å². The number of hydrogen-bond acceptors (Lipinski definition) is 8. The minimum atomic E-state index is -4.02. The van der Waals surface area contributed by atoms with E-state index < -0.39 is 10.0 Å². The molecule has 0 atom stereocenters. The predicted molar refractivity (Wildman–Crippen MR) is 133 cm³/mol. The Morgan fingerprint density at radius 3 is 1.80 bits per heavy atom. The third-order valence-electron chi connectivity index (χ3n) is 5.08. The fourth-order valence-corrected chi connectivity index (χ4v) is 4.42. The van der Waals surface area contributed by atoms with E-state index in [0.29, 0.717) is 28.6 Å². The SMILES string of the molecule is COc1ccc(S(=O)(=O)Nc2cc(/C=C\c3cc(OC)c(OC)c(OC)c3)ccc2OC)cc1O. The van der Waals surface area contributed by atoms with Gasteiger partial charge in [0.15, 0.2) is 23.0 Å². The molecule has 0 spiro atoms. The van der Waals surface area contributed by atoms with Crippen LogP contribution in [0.15, 0.2) is 53.4 Å². The van der Waals surface area contributed by atoms with Crippen molar-refractivity contribution in [3.05, 3.63) is 59.7 Å². The Kier molecular flexibility index (Phi) is 7.98. The zero-order valence-corrected chi connectivity index (χ0v) is 20.8. The molecule has 0 aliphatic carbocycles. The summed E-state index contributed by atoms with van der Waals surface area (Å²) in [4.78, 5) is -0.128. The number of anilines is 1. The van der Waals surface area contributed by atoms with Crippen molar-refractivity contribution in [2.45, 2.75) is 4.90 Å². The normalized spacial score (nSPS) is 11.2. The number of phenolic OH excluding ortho intramolecular Hbond substituents is 1. The van der Waals surface area contributed by atoms with Gasteiger partial charge in [-0.3, -0.25) is 4.72 Å². The second kappa shape index (κ2) is 10.9. The first-order chi connectivity index (χ1) is 16.8. The third-order valence-corrected chi connectivity index (χ3v) is 6.45. The fourth-order valence-electron chi connectivity index (χ4n) is 3.34. The summed E-state index contributed by atoms with van der Waals surface area (Å²) in [7, 11) is 3.41. The van der Waals surface area contributed by atoms with Gasteiger partial charge in [0.1, 0.15) is 5.75 Å². The number of hydrogen-bond donors (Lipinski definition) is 2. The maximum Gasteiger partial charge on any atom is 0.262 e.